The number of aromatic nitrogens is 1. The molecule has 1 aromatic carbocycles. The van der Waals surface area contributed by atoms with E-state index in [1.807, 2.05) is 30.3 Å². The molecule has 0 aliphatic heterocycles. The summed E-state index contributed by atoms with van der Waals surface area (Å²) in [5.41, 5.74) is 1.35. The number of amides is 1. The number of rotatable bonds is 4. The van der Waals surface area contributed by atoms with Gasteiger partial charge in [0.15, 0.2) is 0 Å². The summed E-state index contributed by atoms with van der Waals surface area (Å²) < 4.78 is 0. The Morgan fingerprint density at radius 2 is 2.15 bits per heavy atom. The van der Waals surface area contributed by atoms with Crippen molar-refractivity contribution in [3.8, 4) is 6.07 Å². The lowest BCUT2D eigenvalue weighted by atomic mass is 10.1. The van der Waals surface area contributed by atoms with Gasteiger partial charge in [-0.1, -0.05) is 24.3 Å². The third-order valence-electron chi connectivity index (χ3n) is 3.79. The zero-order valence-corrected chi connectivity index (χ0v) is 11.1. The molecule has 4 nitrogen and oxygen atoms in total. The Bertz CT molecular complexity index is 693. The highest BCUT2D eigenvalue weighted by Crippen LogP contribution is 2.44. The zero-order valence-electron chi connectivity index (χ0n) is 11.1. The van der Waals surface area contributed by atoms with Gasteiger partial charge in [0.05, 0.1) is 11.6 Å². The number of carbonyl (C=O) groups excluding carboxylic acids is 1. The standard InChI is InChI=1S/C16H15N3O/c17-11-16(7-8-16)15(20)19-10-6-13-4-1-3-12-5-2-9-18-14(12)13/h1-5,9H,6-8,10H2,(H,19,20). The van der Waals surface area contributed by atoms with Gasteiger partial charge in [0.1, 0.15) is 5.41 Å². The maximum Gasteiger partial charge on any atom is 0.240 e. The van der Waals surface area contributed by atoms with Gasteiger partial charge in [0.2, 0.25) is 5.91 Å². The Labute approximate surface area is 117 Å². The molecule has 0 radical (unpaired) electrons. The number of benzene rings is 1. The van der Waals surface area contributed by atoms with Crippen LogP contribution in [0.2, 0.25) is 0 Å². The first-order valence-corrected chi connectivity index (χ1v) is 6.77. The van der Waals surface area contributed by atoms with Gasteiger partial charge in [-0.25, -0.2) is 0 Å². The van der Waals surface area contributed by atoms with Gasteiger partial charge in [0, 0.05) is 18.1 Å². The van der Waals surface area contributed by atoms with Crippen LogP contribution in [0.4, 0.5) is 0 Å². The number of pyridine rings is 1. The molecule has 0 saturated heterocycles. The summed E-state index contributed by atoms with van der Waals surface area (Å²) in [7, 11) is 0. The molecule has 2 aromatic rings. The van der Waals surface area contributed by atoms with Crippen molar-refractivity contribution in [1.29, 1.82) is 5.26 Å². The first-order valence-electron chi connectivity index (χ1n) is 6.77. The van der Waals surface area contributed by atoms with Crippen LogP contribution < -0.4 is 5.32 Å². The highest BCUT2D eigenvalue weighted by Gasteiger charge is 2.50. The van der Waals surface area contributed by atoms with E-state index in [1.54, 1.807) is 6.20 Å². The number of nitrogens with zero attached hydrogens (tertiary/aromatic N) is 2. The molecule has 20 heavy (non-hydrogen) atoms. The van der Waals surface area contributed by atoms with Crippen LogP contribution in [-0.2, 0) is 11.2 Å². The molecule has 4 heteroatoms. The summed E-state index contributed by atoms with van der Waals surface area (Å²) in [5, 5.41) is 12.9. The molecule has 3 rings (SSSR count). The summed E-state index contributed by atoms with van der Waals surface area (Å²) in [6.07, 6.45) is 3.87. The number of nitrogens with one attached hydrogen (secondary N) is 1. The van der Waals surface area contributed by atoms with Gasteiger partial charge < -0.3 is 5.32 Å². The van der Waals surface area contributed by atoms with Crippen molar-refractivity contribution in [1.82, 2.24) is 10.3 Å². The van der Waals surface area contributed by atoms with Gasteiger partial charge in [-0.05, 0) is 30.9 Å². The first kappa shape index (κ1) is 12.6. The summed E-state index contributed by atoms with van der Waals surface area (Å²) in [5.74, 6) is -0.131. The molecule has 0 spiro atoms. The van der Waals surface area contributed by atoms with Gasteiger partial charge in [-0.15, -0.1) is 0 Å². The number of fused-ring (bicyclic) bond motifs is 1. The van der Waals surface area contributed by atoms with Crippen molar-refractivity contribution >= 4 is 16.8 Å². The minimum atomic E-state index is -0.739. The van der Waals surface area contributed by atoms with E-state index in [0.717, 1.165) is 22.9 Å². The molecular weight excluding hydrogens is 250 g/mol. The highest BCUT2D eigenvalue weighted by atomic mass is 16.2. The second-order valence-electron chi connectivity index (χ2n) is 5.19. The van der Waals surface area contributed by atoms with E-state index in [-0.39, 0.29) is 5.91 Å². The fourth-order valence-electron chi connectivity index (χ4n) is 2.36. The first-order chi connectivity index (χ1) is 9.75. The maximum absolute atomic E-state index is 11.9. The predicted molar refractivity (Wildman–Crippen MR) is 75.7 cm³/mol. The van der Waals surface area contributed by atoms with Crippen molar-refractivity contribution in [3.63, 3.8) is 0 Å². The summed E-state index contributed by atoms with van der Waals surface area (Å²) in [6, 6.07) is 12.1. The van der Waals surface area contributed by atoms with Crippen LogP contribution in [0.25, 0.3) is 10.9 Å². The third kappa shape index (κ3) is 2.23. The largest absolute Gasteiger partial charge is 0.354 e. The van der Waals surface area contributed by atoms with E-state index in [0.29, 0.717) is 19.4 Å². The molecule has 1 saturated carbocycles. The Morgan fingerprint density at radius 1 is 1.35 bits per heavy atom. The van der Waals surface area contributed by atoms with Crippen LogP contribution in [0.1, 0.15) is 18.4 Å². The Kier molecular flexibility index (Phi) is 3.11. The molecule has 0 bridgehead atoms. The van der Waals surface area contributed by atoms with Crippen LogP contribution in [-0.4, -0.2) is 17.4 Å². The smallest absolute Gasteiger partial charge is 0.240 e. The van der Waals surface area contributed by atoms with Crippen LogP contribution in [0, 0.1) is 16.7 Å². The zero-order chi connectivity index (χ0) is 14.0. The minimum absolute atomic E-state index is 0.131. The second kappa shape index (κ2) is 4.93. The Balaban J connectivity index is 1.66. The topological polar surface area (TPSA) is 65.8 Å². The van der Waals surface area contributed by atoms with E-state index in [2.05, 4.69) is 16.4 Å². The predicted octanol–water partition coefficient (Wildman–Crippen LogP) is 2.20. The minimum Gasteiger partial charge on any atom is -0.354 e. The van der Waals surface area contributed by atoms with Crippen molar-refractivity contribution in [2.24, 2.45) is 5.41 Å². The molecular formula is C16H15N3O. The lowest BCUT2D eigenvalue weighted by molar-refractivity contribution is -0.124. The molecule has 0 unspecified atom stereocenters. The van der Waals surface area contributed by atoms with Crippen LogP contribution in [0.5, 0.6) is 0 Å². The summed E-state index contributed by atoms with van der Waals surface area (Å²) in [4.78, 5) is 16.3. The van der Waals surface area contributed by atoms with Crippen LogP contribution in [0.3, 0.4) is 0 Å². The Morgan fingerprint density at radius 3 is 2.90 bits per heavy atom. The molecule has 100 valence electrons. The van der Waals surface area contributed by atoms with Crippen LogP contribution in [0.15, 0.2) is 36.5 Å². The number of carbonyl (C=O) groups is 1. The molecule has 1 fully saturated rings. The van der Waals surface area contributed by atoms with Crippen molar-refractivity contribution in [3.05, 3.63) is 42.1 Å². The highest BCUT2D eigenvalue weighted by molar-refractivity contribution is 5.88. The fourth-order valence-corrected chi connectivity index (χ4v) is 2.36. The van der Waals surface area contributed by atoms with Gasteiger partial charge in [-0.2, -0.15) is 5.26 Å². The second-order valence-corrected chi connectivity index (χ2v) is 5.19. The van der Waals surface area contributed by atoms with Gasteiger partial charge in [0.25, 0.3) is 0 Å². The molecule has 1 aromatic heterocycles. The number of hydrogen-bond acceptors (Lipinski definition) is 3. The number of hydrogen-bond donors (Lipinski definition) is 1. The maximum atomic E-state index is 11.9. The van der Waals surface area contributed by atoms with Gasteiger partial charge in [-0.3, -0.25) is 9.78 Å². The third-order valence-corrected chi connectivity index (χ3v) is 3.79. The SMILES string of the molecule is N#CC1(C(=O)NCCc2cccc3cccnc23)CC1. The van der Waals surface area contributed by atoms with E-state index < -0.39 is 5.41 Å². The number of para-hydroxylation sites is 1. The van der Waals surface area contributed by atoms with E-state index in [1.165, 1.54) is 0 Å². The van der Waals surface area contributed by atoms with E-state index in [4.69, 9.17) is 5.26 Å². The quantitative estimate of drug-likeness (QED) is 0.921. The van der Waals surface area contributed by atoms with Crippen molar-refractivity contribution in [2.45, 2.75) is 19.3 Å². The monoisotopic (exact) mass is 265 g/mol. The lowest BCUT2D eigenvalue weighted by Gasteiger charge is -2.09. The average molecular weight is 265 g/mol. The van der Waals surface area contributed by atoms with Crippen LogP contribution >= 0.6 is 0 Å². The molecule has 1 aliphatic rings. The van der Waals surface area contributed by atoms with E-state index >= 15 is 0 Å². The normalized spacial score (nSPS) is 15.6. The molecule has 1 heterocycles. The fraction of sp³-hybridized carbons (Fsp3) is 0.312. The van der Waals surface area contributed by atoms with Gasteiger partial charge >= 0.3 is 0 Å². The van der Waals surface area contributed by atoms with E-state index in [9.17, 15) is 4.79 Å². The molecule has 1 N–H and O–H groups in total. The lowest BCUT2D eigenvalue weighted by Crippen LogP contribution is -2.32. The Hall–Kier alpha value is -2.41. The number of nitriles is 1. The summed E-state index contributed by atoms with van der Waals surface area (Å²) >= 11 is 0. The average Bonchev–Trinajstić information content (AvgIpc) is 3.28. The van der Waals surface area contributed by atoms with Crippen molar-refractivity contribution in [2.75, 3.05) is 6.54 Å². The molecule has 1 amide bonds. The molecule has 0 atom stereocenters. The summed E-state index contributed by atoms with van der Waals surface area (Å²) in [6.45, 7) is 0.540. The molecule has 1 aliphatic carbocycles. The van der Waals surface area contributed by atoms with Crippen molar-refractivity contribution < 1.29 is 4.79 Å².